The summed E-state index contributed by atoms with van der Waals surface area (Å²) in [6.07, 6.45) is 5.13. The van der Waals surface area contributed by atoms with Gasteiger partial charge >= 0.3 is 7.12 Å². The summed E-state index contributed by atoms with van der Waals surface area (Å²) in [7, 11) is -0.873. The Bertz CT molecular complexity index is 1210. The van der Waals surface area contributed by atoms with Gasteiger partial charge in [0.1, 0.15) is 12.4 Å². The number of rotatable bonds is 9. The molecule has 0 bridgehead atoms. The first-order chi connectivity index (χ1) is 17.0. The molecule has 4 rings (SSSR count). The van der Waals surface area contributed by atoms with Crippen LogP contribution in [-0.2, 0) is 4.65 Å². The van der Waals surface area contributed by atoms with E-state index in [2.05, 4.69) is 6.58 Å². The number of phenolic OH excluding ortho intramolecular Hbond substituents is 1. The van der Waals surface area contributed by atoms with E-state index in [1.54, 1.807) is 6.07 Å². The SMILES string of the molecule is C=C(COc1ccccc1)C1=CCB(O)OC1CC/C(=C/c1ccc(O)c(F)c1)c1ccccc1. The Morgan fingerprint density at radius 1 is 1.09 bits per heavy atom. The first-order valence-corrected chi connectivity index (χ1v) is 11.6. The van der Waals surface area contributed by atoms with Crippen molar-refractivity contribution in [2.45, 2.75) is 25.3 Å². The zero-order valence-corrected chi connectivity index (χ0v) is 19.4. The summed E-state index contributed by atoms with van der Waals surface area (Å²) in [4.78, 5) is 0. The lowest BCUT2D eigenvalue weighted by Gasteiger charge is -2.28. The van der Waals surface area contributed by atoms with Crippen LogP contribution in [0.1, 0.15) is 24.0 Å². The summed E-state index contributed by atoms with van der Waals surface area (Å²) < 4.78 is 25.7. The van der Waals surface area contributed by atoms with Crippen LogP contribution < -0.4 is 4.74 Å². The lowest BCUT2D eigenvalue weighted by atomic mass is 9.78. The van der Waals surface area contributed by atoms with Crippen molar-refractivity contribution in [1.82, 2.24) is 0 Å². The summed E-state index contributed by atoms with van der Waals surface area (Å²) in [5.41, 5.74) is 4.38. The number of hydrogen-bond donors (Lipinski definition) is 2. The number of hydrogen-bond acceptors (Lipinski definition) is 4. The number of halogens is 1. The second-order valence-corrected chi connectivity index (χ2v) is 8.46. The molecule has 0 saturated carbocycles. The van der Waals surface area contributed by atoms with E-state index in [4.69, 9.17) is 9.39 Å². The molecule has 35 heavy (non-hydrogen) atoms. The number of para-hydroxylation sites is 1. The van der Waals surface area contributed by atoms with Crippen molar-refractivity contribution in [3.8, 4) is 11.5 Å². The average Bonchev–Trinajstić information content (AvgIpc) is 2.88. The van der Waals surface area contributed by atoms with Gasteiger partial charge < -0.3 is 19.5 Å². The smallest absolute Gasteiger partial charge is 0.458 e. The van der Waals surface area contributed by atoms with Crippen molar-refractivity contribution >= 4 is 18.8 Å². The fraction of sp³-hybridized carbons (Fsp3) is 0.172. The van der Waals surface area contributed by atoms with Crippen LogP contribution in [0.15, 0.2) is 103 Å². The summed E-state index contributed by atoms with van der Waals surface area (Å²) >= 11 is 0. The molecule has 0 amide bonds. The van der Waals surface area contributed by atoms with Gasteiger partial charge in [0.15, 0.2) is 11.6 Å². The standard InChI is InChI=1S/C29H28BFO4/c1-21(20-34-25-10-6-3-7-11-25)26-16-17-30(33)35-29(26)15-13-24(23-8-4-2-5-9-23)18-22-12-14-28(32)27(31)19-22/h2-12,14,16,18-19,29,32-33H,1,13,15,17,20H2/b24-18-. The zero-order valence-electron chi connectivity index (χ0n) is 19.4. The fourth-order valence-electron chi connectivity index (χ4n) is 4.10. The van der Waals surface area contributed by atoms with Crippen molar-refractivity contribution in [3.05, 3.63) is 120 Å². The monoisotopic (exact) mass is 470 g/mol. The minimum atomic E-state index is -0.873. The zero-order chi connectivity index (χ0) is 24.6. The van der Waals surface area contributed by atoms with E-state index in [1.165, 1.54) is 12.1 Å². The summed E-state index contributed by atoms with van der Waals surface area (Å²) in [6.45, 7) is 4.52. The van der Waals surface area contributed by atoms with Crippen molar-refractivity contribution in [2.75, 3.05) is 6.61 Å². The third kappa shape index (κ3) is 6.72. The van der Waals surface area contributed by atoms with Crippen LogP contribution in [0.4, 0.5) is 4.39 Å². The molecule has 1 aliphatic rings. The van der Waals surface area contributed by atoms with Gasteiger partial charge in [-0.05, 0) is 65.0 Å². The van der Waals surface area contributed by atoms with E-state index in [0.29, 0.717) is 31.3 Å². The predicted octanol–water partition coefficient (Wildman–Crippen LogP) is 6.29. The molecular formula is C29H28BFO4. The molecule has 0 aromatic heterocycles. The lowest BCUT2D eigenvalue weighted by molar-refractivity contribution is 0.182. The van der Waals surface area contributed by atoms with Crippen molar-refractivity contribution in [1.29, 1.82) is 0 Å². The van der Waals surface area contributed by atoms with E-state index >= 15 is 0 Å². The van der Waals surface area contributed by atoms with Gasteiger partial charge in [0.2, 0.25) is 0 Å². The molecule has 2 N–H and O–H groups in total. The Morgan fingerprint density at radius 2 is 1.80 bits per heavy atom. The van der Waals surface area contributed by atoms with Crippen LogP contribution in [0.5, 0.6) is 11.5 Å². The van der Waals surface area contributed by atoms with Gasteiger partial charge in [-0.15, -0.1) is 0 Å². The molecule has 3 aromatic rings. The molecule has 1 atom stereocenters. The van der Waals surface area contributed by atoms with Gasteiger partial charge in [0, 0.05) is 6.32 Å². The predicted molar refractivity (Wildman–Crippen MR) is 138 cm³/mol. The Labute approximate surface area is 205 Å². The molecule has 0 spiro atoms. The van der Waals surface area contributed by atoms with E-state index in [9.17, 15) is 14.5 Å². The van der Waals surface area contributed by atoms with Crippen LogP contribution in [0.3, 0.4) is 0 Å². The Morgan fingerprint density at radius 3 is 2.51 bits per heavy atom. The molecule has 6 heteroatoms. The maximum absolute atomic E-state index is 13.9. The van der Waals surface area contributed by atoms with Gasteiger partial charge in [0.05, 0.1) is 6.10 Å². The third-order valence-electron chi connectivity index (χ3n) is 5.91. The number of allylic oxidation sites excluding steroid dienone is 2. The number of aromatic hydroxyl groups is 1. The number of benzene rings is 3. The second-order valence-electron chi connectivity index (χ2n) is 8.46. The van der Waals surface area contributed by atoms with Gasteiger partial charge in [-0.1, -0.05) is 73.3 Å². The van der Waals surface area contributed by atoms with E-state index in [1.807, 2.05) is 72.8 Å². The Kier molecular flexibility index (Phi) is 8.19. The normalized spacial score (nSPS) is 16.1. The first kappa shape index (κ1) is 24.5. The molecule has 0 fully saturated rings. The maximum atomic E-state index is 13.9. The van der Waals surface area contributed by atoms with Gasteiger partial charge in [-0.25, -0.2) is 4.39 Å². The van der Waals surface area contributed by atoms with Gasteiger partial charge in [-0.3, -0.25) is 0 Å². The van der Waals surface area contributed by atoms with Crippen LogP contribution >= 0.6 is 0 Å². The molecule has 1 aliphatic heterocycles. The highest BCUT2D eigenvalue weighted by Gasteiger charge is 2.28. The molecule has 4 nitrogen and oxygen atoms in total. The highest BCUT2D eigenvalue weighted by Crippen LogP contribution is 2.31. The summed E-state index contributed by atoms with van der Waals surface area (Å²) in [5, 5.41) is 19.7. The summed E-state index contributed by atoms with van der Waals surface area (Å²) in [5.74, 6) is -0.276. The van der Waals surface area contributed by atoms with Crippen LogP contribution in [0, 0.1) is 5.82 Å². The fourth-order valence-corrected chi connectivity index (χ4v) is 4.10. The lowest BCUT2D eigenvalue weighted by Crippen LogP contribution is -2.32. The quantitative estimate of drug-likeness (QED) is 0.285. The average molecular weight is 470 g/mol. The maximum Gasteiger partial charge on any atom is 0.458 e. The third-order valence-corrected chi connectivity index (χ3v) is 5.91. The number of phenols is 1. The minimum absolute atomic E-state index is 0.319. The molecule has 178 valence electrons. The molecule has 1 unspecified atom stereocenters. The van der Waals surface area contributed by atoms with E-state index in [0.717, 1.165) is 28.0 Å². The van der Waals surface area contributed by atoms with E-state index in [-0.39, 0.29) is 11.9 Å². The summed E-state index contributed by atoms with van der Waals surface area (Å²) in [6, 6.07) is 23.7. The van der Waals surface area contributed by atoms with Crippen molar-refractivity contribution in [3.63, 3.8) is 0 Å². The molecule has 0 saturated heterocycles. The van der Waals surface area contributed by atoms with Crippen molar-refractivity contribution < 1.29 is 23.9 Å². The van der Waals surface area contributed by atoms with Crippen LogP contribution in [0.2, 0.25) is 6.32 Å². The highest BCUT2D eigenvalue weighted by atomic mass is 19.1. The minimum Gasteiger partial charge on any atom is -0.505 e. The molecule has 1 heterocycles. The van der Waals surface area contributed by atoms with Crippen LogP contribution in [-0.4, -0.2) is 30.0 Å². The molecule has 3 aromatic carbocycles. The molecule has 0 aliphatic carbocycles. The molecule has 0 radical (unpaired) electrons. The highest BCUT2D eigenvalue weighted by molar-refractivity contribution is 6.43. The Hall–Kier alpha value is -3.61. The van der Waals surface area contributed by atoms with Gasteiger partial charge in [0.25, 0.3) is 0 Å². The van der Waals surface area contributed by atoms with Crippen molar-refractivity contribution in [2.24, 2.45) is 0 Å². The van der Waals surface area contributed by atoms with Crippen LogP contribution in [0.25, 0.3) is 11.6 Å². The van der Waals surface area contributed by atoms with Gasteiger partial charge in [-0.2, -0.15) is 0 Å². The number of ether oxygens (including phenoxy) is 1. The first-order valence-electron chi connectivity index (χ1n) is 11.6. The molecular weight excluding hydrogens is 442 g/mol. The largest absolute Gasteiger partial charge is 0.505 e. The second kappa shape index (κ2) is 11.7. The van der Waals surface area contributed by atoms with E-state index < -0.39 is 12.9 Å². The Balaban J connectivity index is 1.51. The topological polar surface area (TPSA) is 58.9 Å².